The predicted molar refractivity (Wildman–Crippen MR) is 89.2 cm³/mol. The Labute approximate surface area is 144 Å². The zero-order valence-corrected chi connectivity index (χ0v) is 13.8. The summed E-state index contributed by atoms with van der Waals surface area (Å²) in [6.45, 7) is 1.06. The van der Waals surface area contributed by atoms with Gasteiger partial charge in [0, 0.05) is 24.3 Å². The average molecular weight is 349 g/mol. The summed E-state index contributed by atoms with van der Waals surface area (Å²) in [6, 6.07) is 8.36. The van der Waals surface area contributed by atoms with Crippen LogP contribution in [-0.4, -0.2) is 34.0 Å². The molecule has 0 bridgehead atoms. The van der Waals surface area contributed by atoms with Crippen molar-refractivity contribution in [3.05, 3.63) is 64.7 Å². The smallest absolute Gasteiger partial charge is 0.255 e. The number of halogens is 2. The summed E-state index contributed by atoms with van der Waals surface area (Å²) in [7, 11) is 0. The maximum Gasteiger partial charge on any atom is 0.255 e. The quantitative estimate of drug-likeness (QED) is 0.924. The van der Waals surface area contributed by atoms with Crippen LogP contribution in [0.3, 0.4) is 0 Å². The number of carbonyl (C=O) groups excluding carboxylic acids is 1. The van der Waals surface area contributed by atoms with Gasteiger partial charge in [-0.2, -0.15) is 0 Å². The van der Waals surface area contributed by atoms with Gasteiger partial charge in [-0.05, 0) is 42.5 Å². The molecule has 1 aliphatic rings. The summed E-state index contributed by atoms with van der Waals surface area (Å²) in [5, 5.41) is 11.1. The molecule has 1 fully saturated rings. The number of nitrogens with zero attached hydrogens (tertiary/aromatic N) is 2. The van der Waals surface area contributed by atoms with Gasteiger partial charge in [0.25, 0.3) is 5.91 Å². The molecule has 1 amide bonds. The number of aromatic nitrogens is 1. The van der Waals surface area contributed by atoms with E-state index in [4.69, 9.17) is 11.6 Å². The molecule has 2 aromatic rings. The number of likely N-dealkylation sites (tertiary alicyclic amines) is 1. The molecule has 1 atom stereocenters. The minimum Gasteiger partial charge on any atom is -0.388 e. The molecular weight excluding hydrogens is 331 g/mol. The lowest BCUT2D eigenvalue weighted by Gasteiger charge is -2.34. The Morgan fingerprint density at radius 1 is 1.25 bits per heavy atom. The maximum absolute atomic E-state index is 13.2. The van der Waals surface area contributed by atoms with Crippen LogP contribution < -0.4 is 0 Å². The van der Waals surface area contributed by atoms with Gasteiger partial charge in [-0.15, -0.1) is 0 Å². The molecule has 0 radical (unpaired) electrons. The largest absolute Gasteiger partial charge is 0.388 e. The highest BCUT2D eigenvalue weighted by molar-refractivity contribution is 6.30. The van der Waals surface area contributed by atoms with Crippen LogP contribution in [0.15, 0.2) is 42.7 Å². The van der Waals surface area contributed by atoms with Crippen molar-refractivity contribution < 1.29 is 14.3 Å². The van der Waals surface area contributed by atoms with Gasteiger partial charge in [0.15, 0.2) is 0 Å². The molecule has 126 valence electrons. The summed E-state index contributed by atoms with van der Waals surface area (Å²) >= 11 is 5.87. The minimum absolute atomic E-state index is 0.0841. The first-order valence-corrected chi connectivity index (χ1v) is 8.26. The summed E-state index contributed by atoms with van der Waals surface area (Å²) in [5.41, 5.74) is 1.09. The average Bonchev–Trinajstić information content (AvgIpc) is 2.61. The SMILES string of the molecule is O=C(c1cncc(F)c1)N1CCC([C@@H](O)c2ccc(Cl)cc2)CC1. The van der Waals surface area contributed by atoms with E-state index in [1.54, 1.807) is 17.0 Å². The number of rotatable bonds is 3. The van der Waals surface area contributed by atoms with Crippen molar-refractivity contribution in [2.24, 2.45) is 5.92 Å². The van der Waals surface area contributed by atoms with Crippen molar-refractivity contribution in [2.45, 2.75) is 18.9 Å². The number of piperidine rings is 1. The fraction of sp³-hybridized carbons (Fsp3) is 0.333. The molecule has 3 rings (SSSR count). The Balaban J connectivity index is 1.61. The van der Waals surface area contributed by atoms with Crippen molar-refractivity contribution in [3.63, 3.8) is 0 Å². The third kappa shape index (κ3) is 3.74. The molecule has 2 heterocycles. The number of aliphatic hydroxyl groups excluding tert-OH is 1. The zero-order valence-electron chi connectivity index (χ0n) is 13.0. The zero-order chi connectivity index (χ0) is 17.1. The number of aliphatic hydroxyl groups is 1. The van der Waals surface area contributed by atoms with Crippen LogP contribution in [0.5, 0.6) is 0 Å². The first-order valence-electron chi connectivity index (χ1n) is 7.88. The van der Waals surface area contributed by atoms with Crippen molar-refractivity contribution in [2.75, 3.05) is 13.1 Å². The molecule has 1 N–H and O–H groups in total. The van der Waals surface area contributed by atoms with Crippen LogP contribution in [0.1, 0.15) is 34.9 Å². The molecule has 0 spiro atoms. The second-order valence-electron chi connectivity index (χ2n) is 6.02. The lowest BCUT2D eigenvalue weighted by atomic mass is 9.87. The molecule has 6 heteroatoms. The van der Waals surface area contributed by atoms with E-state index >= 15 is 0 Å². The van der Waals surface area contributed by atoms with Crippen molar-refractivity contribution in [3.8, 4) is 0 Å². The van der Waals surface area contributed by atoms with E-state index in [9.17, 15) is 14.3 Å². The van der Waals surface area contributed by atoms with E-state index in [1.807, 2.05) is 12.1 Å². The summed E-state index contributed by atoms with van der Waals surface area (Å²) < 4.78 is 13.2. The van der Waals surface area contributed by atoms with E-state index in [2.05, 4.69) is 4.98 Å². The van der Waals surface area contributed by atoms with Gasteiger partial charge in [0.1, 0.15) is 5.82 Å². The number of amides is 1. The van der Waals surface area contributed by atoms with Crippen LogP contribution in [0.25, 0.3) is 0 Å². The van der Waals surface area contributed by atoms with Crippen LogP contribution in [0.4, 0.5) is 4.39 Å². The van der Waals surface area contributed by atoms with E-state index < -0.39 is 11.9 Å². The second-order valence-corrected chi connectivity index (χ2v) is 6.45. The molecule has 0 saturated carbocycles. The second kappa shape index (κ2) is 7.28. The molecule has 1 aromatic carbocycles. The Kier molecular flexibility index (Phi) is 5.11. The molecule has 1 aliphatic heterocycles. The summed E-state index contributed by atoms with van der Waals surface area (Å²) in [4.78, 5) is 17.8. The number of hydrogen-bond acceptors (Lipinski definition) is 3. The fourth-order valence-corrected chi connectivity index (χ4v) is 3.19. The molecule has 0 aliphatic carbocycles. The fourth-order valence-electron chi connectivity index (χ4n) is 3.06. The number of pyridine rings is 1. The van der Waals surface area contributed by atoms with Gasteiger partial charge < -0.3 is 10.0 Å². The number of benzene rings is 1. The van der Waals surface area contributed by atoms with Crippen LogP contribution in [0.2, 0.25) is 5.02 Å². The topological polar surface area (TPSA) is 53.4 Å². The van der Waals surface area contributed by atoms with Crippen molar-refractivity contribution in [1.82, 2.24) is 9.88 Å². The minimum atomic E-state index is -0.574. The Morgan fingerprint density at radius 3 is 2.54 bits per heavy atom. The molecule has 24 heavy (non-hydrogen) atoms. The first-order chi connectivity index (χ1) is 11.5. The van der Waals surface area contributed by atoms with Gasteiger partial charge in [-0.3, -0.25) is 9.78 Å². The van der Waals surface area contributed by atoms with Gasteiger partial charge in [0.05, 0.1) is 17.9 Å². The summed E-state index contributed by atoms with van der Waals surface area (Å²) in [6.07, 6.45) is 3.26. The van der Waals surface area contributed by atoms with Gasteiger partial charge in [0.2, 0.25) is 0 Å². The maximum atomic E-state index is 13.2. The van der Waals surface area contributed by atoms with Gasteiger partial charge >= 0.3 is 0 Å². The van der Waals surface area contributed by atoms with Gasteiger partial charge in [-0.1, -0.05) is 23.7 Å². The highest BCUT2D eigenvalue weighted by Crippen LogP contribution is 2.31. The molecule has 0 unspecified atom stereocenters. The summed E-state index contributed by atoms with van der Waals surface area (Å²) in [5.74, 6) is -0.656. The van der Waals surface area contributed by atoms with Crippen LogP contribution in [0, 0.1) is 11.7 Å². The van der Waals surface area contributed by atoms with Crippen LogP contribution in [-0.2, 0) is 0 Å². The molecule has 4 nitrogen and oxygen atoms in total. The lowest BCUT2D eigenvalue weighted by molar-refractivity contribution is 0.0462. The van der Waals surface area contributed by atoms with Gasteiger partial charge in [-0.25, -0.2) is 4.39 Å². The highest BCUT2D eigenvalue weighted by atomic mass is 35.5. The highest BCUT2D eigenvalue weighted by Gasteiger charge is 2.28. The van der Waals surface area contributed by atoms with Crippen LogP contribution >= 0.6 is 11.6 Å². The van der Waals surface area contributed by atoms with Crippen molar-refractivity contribution >= 4 is 17.5 Å². The monoisotopic (exact) mass is 348 g/mol. The predicted octanol–water partition coefficient (Wildman–Crippen LogP) is 3.46. The number of carbonyl (C=O) groups is 1. The molecule has 1 saturated heterocycles. The Hall–Kier alpha value is -1.98. The van der Waals surface area contributed by atoms with E-state index in [-0.39, 0.29) is 17.4 Å². The number of hydrogen-bond donors (Lipinski definition) is 1. The third-order valence-corrected chi connectivity index (χ3v) is 4.69. The third-order valence-electron chi connectivity index (χ3n) is 4.44. The molecular formula is C18H18ClFN2O2. The van der Waals surface area contributed by atoms with E-state index in [0.29, 0.717) is 31.0 Å². The molecule has 1 aromatic heterocycles. The normalized spacial score (nSPS) is 16.9. The lowest BCUT2D eigenvalue weighted by Crippen LogP contribution is -2.39. The Bertz CT molecular complexity index is 715. The standard InChI is InChI=1S/C18H18ClFN2O2/c19-15-3-1-12(2-4-15)17(23)13-5-7-22(8-6-13)18(24)14-9-16(20)11-21-10-14/h1-4,9-11,13,17,23H,5-8H2/t17-/m0/s1. The van der Waals surface area contributed by atoms with Crippen molar-refractivity contribution in [1.29, 1.82) is 0 Å². The van der Waals surface area contributed by atoms with E-state index in [1.165, 1.54) is 12.3 Å². The van der Waals surface area contributed by atoms with E-state index in [0.717, 1.165) is 11.8 Å². The first kappa shape index (κ1) is 16.9. The Morgan fingerprint density at radius 2 is 1.92 bits per heavy atom.